The van der Waals surface area contributed by atoms with Crippen molar-refractivity contribution in [2.45, 2.75) is 13.3 Å². The molecule has 0 aromatic heterocycles. The number of methoxy groups -OCH3 is 1. The van der Waals surface area contributed by atoms with Crippen molar-refractivity contribution in [2.75, 3.05) is 25.6 Å². The molecular formula is C12H17ClN2O3. The fourth-order valence-electron chi connectivity index (χ4n) is 1.38. The second-order valence-corrected chi connectivity index (χ2v) is 4.17. The minimum atomic E-state index is -0.344. The molecule has 1 aromatic rings. The number of aliphatic hydroxyl groups excluding tert-OH is 1. The molecule has 2 amide bonds. The first-order valence-electron chi connectivity index (χ1n) is 5.58. The van der Waals surface area contributed by atoms with Gasteiger partial charge in [-0.2, -0.15) is 0 Å². The average molecular weight is 273 g/mol. The fourth-order valence-corrected chi connectivity index (χ4v) is 1.53. The summed E-state index contributed by atoms with van der Waals surface area (Å²) in [6.45, 7) is 2.30. The number of carbonyl (C=O) groups is 1. The van der Waals surface area contributed by atoms with E-state index in [2.05, 4.69) is 10.6 Å². The van der Waals surface area contributed by atoms with Crippen LogP contribution < -0.4 is 15.4 Å². The third kappa shape index (κ3) is 4.09. The molecule has 0 bridgehead atoms. The first kappa shape index (κ1) is 14.6. The van der Waals surface area contributed by atoms with Gasteiger partial charge in [0.1, 0.15) is 5.75 Å². The molecule has 0 spiro atoms. The standard InChI is InChI=1S/C12H17ClN2O3/c1-8-6-10(11(18-2)7-9(8)13)15-12(17)14-4-3-5-16/h6-7,16H,3-5H2,1-2H3,(H2,14,15,17). The summed E-state index contributed by atoms with van der Waals surface area (Å²) in [5.41, 5.74) is 1.41. The third-order valence-electron chi connectivity index (χ3n) is 2.35. The third-order valence-corrected chi connectivity index (χ3v) is 2.76. The number of nitrogens with one attached hydrogen (secondary N) is 2. The number of hydrogen-bond donors (Lipinski definition) is 3. The van der Waals surface area contributed by atoms with E-state index in [9.17, 15) is 4.79 Å². The number of aliphatic hydroxyl groups is 1. The van der Waals surface area contributed by atoms with Crippen molar-refractivity contribution in [1.29, 1.82) is 0 Å². The molecule has 0 aliphatic carbocycles. The van der Waals surface area contributed by atoms with Crippen LogP contribution >= 0.6 is 11.6 Å². The fraction of sp³-hybridized carbons (Fsp3) is 0.417. The van der Waals surface area contributed by atoms with Gasteiger partial charge >= 0.3 is 6.03 Å². The van der Waals surface area contributed by atoms with Gasteiger partial charge in [0.15, 0.2) is 0 Å². The Bertz CT molecular complexity index is 424. The van der Waals surface area contributed by atoms with Gasteiger partial charge in [0.05, 0.1) is 12.8 Å². The summed E-state index contributed by atoms with van der Waals surface area (Å²) in [6.07, 6.45) is 0.518. The summed E-state index contributed by atoms with van der Waals surface area (Å²) in [7, 11) is 1.51. The largest absolute Gasteiger partial charge is 0.495 e. The Kier molecular flexibility index (Phi) is 5.74. The monoisotopic (exact) mass is 272 g/mol. The Balaban J connectivity index is 2.71. The summed E-state index contributed by atoms with van der Waals surface area (Å²) >= 11 is 5.97. The second-order valence-electron chi connectivity index (χ2n) is 3.76. The van der Waals surface area contributed by atoms with Crippen molar-refractivity contribution in [3.05, 3.63) is 22.7 Å². The normalized spacial score (nSPS) is 10.0. The maximum Gasteiger partial charge on any atom is 0.319 e. The van der Waals surface area contributed by atoms with E-state index < -0.39 is 0 Å². The summed E-state index contributed by atoms with van der Waals surface area (Å²) in [5, 5.41) is 14.5. The number of rotatable bonds is 5. The lowest BCUT2D eigenvalue weighted by Crippen LogP contribution is -2.30. The average Bonchev–Trinajstić information content (AvgIpc) is 2.34. The molecule has 0 aliphatic heterocycles. The molecular weight excluding hydrogens is 256 g/mol. The maximum atomic E-state index is 11.6. The molecule has 1 rings (SSSR count). The highest BCUT2D eigenvalue weighted by molar-refractivity contribution is 6.31. The van der Waals surface area contributed by atoms with Crippen molar-refractivity contribution in [1.82, 2.24) is 5.32 Å². The van der Waals surface area contributed by atoms with Crippen LogP contribution in [0.4, 0.5) is 10.5 Å². The Morgan fingerprint density at radius 3 is 2.83 bits per heavy atom. The zero-order valence-corrected chi connectivity index (χ0v) is 11.2. The molecule has 18 heavy (non-hydrogen) atoms. The minimum absolute atomic E-state index is 0.0453. The molecule has 1 aromatic carbocycles. The molecule has 0 aliphatic rings. The smallest absolute Gasteiger partial charge is 0.319 e. The van der Waals surface area contributed by atoms with Crippen LogP contribution in [0.1, 0.15) is 12.0 Å². The molecule has 100 valence electrons. The summed E-state index contributed by atoms with van der Waals surface area (Å²) in [5.74, 6) is 0.503. The Morgan fingerprint density at radius 2 is 2.22 bits per heavy atom. The maximum absolute atomic E-state index is 11.6. The van der Waals surface area contributed by atoms with E-state index in [-0.39, 0.29) is 12.6 Å². The summed E-state index contributed by atoms with van der Waals surface area (Å²) in [6, 6.07) is 3.05. The Hall–Kier alpha value is -1.46. The van der Waals surface area contributed by atoms with Gasteiger partial charge < -0.3 is 20.5 Å². The molecule has 0 fully saturated rings. The van der Waals surface area contributed by atoms with Crippen LogP contribution in [0.2, 0.25) is 5.02 Å². The molecule has 5 nitrogen and oxygen atoms in total. The number of benzene rings is 1. The van der Waals surface area contributed by atoms with Gasteiger partial charge in [0.2, 0.25) is 0 Å². The van der Waals surface area contributed by atoms with E-state index in [1.54, 1.807) is 12.1 Å². The van der Waals surface area contributed by atoms with Gasteiger partial charge in [-0.25, -0.2) is 4.79 Å². The Morgan fingerprint density at radius 1 is 1.50 bits per heavy atom. The number of urea groups is 1. The van der Waals surface area contributed by atoms with Gasteiger partial charge in [0.25, 0.3) is 0 Å². The number of ether oxygens (including phenoxy) is 1. The van der Waals surface area contributed by atoms with Crippen LogP contribution in [-0.4, -0.2) is 31.4 Å². The minimum Gasteiger partial charge on any atom is -0.495 e. The molecule has 3 N–H and O–H groups in total. The zero-order valence-electron chi connectivity index (χ0n) is 10.4. The molecule has 6 heteroatoms. The van der Waals surface area contributed by atoms with Crippen molar-refractivity contribution >= 4 is 23.3 Å². The van der Waals surface area contributed by atoms with Crippen LogP contribution in [0, 0.1) is 6.92 Å². The van der Waals surface area contributed by atoms with Crippen molar-refractivity contribution in [2.24, 2.45) is 0 Å². The molecule has 0 radical (unpaired) electrons. The number of halogens is 1. The van der Waals surface area contributed by atoms with E-state index in [4.69, 9.17) is 21.4 Å². The molecule has 0 saturated heterocycles. The van der Waals surface area contributed by atoms with E-state index in [0.29, 0.717) is 29.4 Å². The van der Waals surface area contributed by atoms with Crippen molar-refractivity contribution in [3.8, 4) is 5.75 Å². The number of amides is 2. The highest BCUT2D eigenvalue weighted by Crippen LogP contribution is 2.30. The first-order valence-corrected chi connectivity index (χ1v) is 5.96. The lowest BCUT2D eigenvalue weighted by molar-refractivity contribution is 0.248. The van der Waals surface area contributed by atoms with Gasteiger partial charge in [0, 0.05) is 24.2 Å². The highest BCUT2D eigenvalue weighted by Gasteiger charge is 2.09. The van der Waals surface area contributed by atoms with Gasteiger partial charge in [-0.3, -0.25) is 0 Å². The van der Waals surface area contributed by atoms with Crippen LogP contribution in [0.15, 0.2) is 12.1 Å². The SMILES string of the molecule is COc1cc(Cl)c(C)cc1NC(=O)NCCCO. The quantitative estimate of drug-likeness (QED) is 0.720. The van der Waals surface area contributed by atoms with Gasteiger partial charge in [-0.15, -0.1) is 0 Å². The number of anilines is 1. The van der Waals surface area contributed by atoms with Crippen LogP contribution in [-0.2, 0) is 0 Å². The van der Waals surface area contributed by atoms with E-state index in [1.807, 2.05) is 6.92 Å². The van der Waals surface area contributed by atoms with Gasteiger partial charge in [-0.05, 0) is 25.0 Å². The highest BCUT2D eigenvalue weighted by atomic mass is 35.5. The topological polar surface area (TPSA) is 70.6 Å². The molecule has 0 atom stereocenters. The van der Waals surface area contributed by atoms with E-state index in [1.165, 1.54) is 7.11 Å². The first-order chi connectivity index (χ1) is 8.58. The molecule has 0 saturated carbocycles. The van der Waals surface area contributed by atoms with Gasteiger partial charge in [-0.1, -0.05) is 11.6 Å². The van der Waals surface area contributed by atoms with Crippen molar-refractivity contribution < 1.29 is 14.6 Å². The van der Waals surface area contributed by atoms with Crippen molar-refractivity contribution in [3.63, 3.8) is 0 Å². The van der Waals surface area contributed by atoms with Crippen LogP contribution in [0.25, 0.3) is 0 Å². The lowest BCUT2D eigenvalue weighted by Gasteiger charge is -2.12. The van der Waals surface area contributed by atoms with E-state index in [0.717, 1.165) is 5.56 Å². The number of aryl methyl sites for hydroxylation is 1. The number of hydrogen-bond acceptors (Lipinski definition) is 3. The Labute approximate surface area is 111 Å². The van der Waals surface area contributed by atoms with Crippen LogP contribution in [0.5, 0.6) is 5.75 Å². The predicted octanol–water partition coefficient (Wildman–Crippen LogP) is 2.16. The molecule has 0 heterocycles. The van der Waals surface area contributed by atoms with E-state index >= 15 is 0 Å². The second kappa shape index (κ2) is 7.08. The van der Waals surface area contributed by atoms with Crippen LogP contribution in [0.3, 0.4) is 0 Å². The zero-order chi connectivity index (χ0) is 13.5. The molecule has 0 unspecified atom stereocenters. The lowest BCUT2D eigenvalue weighted by atomic mass is 10.2. The summed E-state index contributed by atoms with van der Waals surface area (Å²) in [4.78, 5) is 11.6. The number of carbonyl (C=O) groups excluding carboxylic acids is 1. The summed E-state index contributed by atoms with van der Waals surface area (Å²) < 4.78 is 5.14. The predicted molar refractivity (Wildman–Crippen MR) is 71.5 cm³/mol.